The van der Waals surface area contributed by atoms with E-state index in [1.165, 1.54) is 28.2 Å². The Bertz CT molecular complexity index is 855. The average Bonchev–Trinajstić information content (AvgIpc) is 3.05. The Morgan fingerprint density at radius 2 is 2.17 bits per heavy atom. The number of nitrogens with one attached hydrogen (secondary N) is 1. The van der Waals surface area contributed by atoms with Crippen molar-refractivity contribution in [1.82, 2.24) is 20.1 Å². The van der Waals surface area contributed by atoms with Crippen LogP contribution in [0.2, 0.25) is 0 Å². The van der Waals surface area contributed by atoms with E-state index < -0.39 is 0 Å². The maximum Gasteiger partial charge on any atom is 0.291 e. The van der Waals surface area contributed by atoms with Crippen molar-refractivity contribution in [2.24, 2.45) is 0 Å². The molecule has 0 saturated heterocycles. The highest BCUT2D eigenvalue weighted by Gasteiger charge is 2.27. The van der Waals surface area contributed by atoms with Gasteiger partial charge in [0, 0.05) is 6.04 Å². The number of carbonyl (C=O) groups excluding carboxylic acids is 1. The molecule has 1 aliphatic rings. The zero-order valence-electron chi connectivity index (χ0n) is 12.1. The normalized spacial score (nSPS) is 14.0. The Kier molecular flexibility index (Phi) is 3.42. The number of thiophene rings is 1. The quantitative estimate of drug-likeness (QED) is 0.801. The van der Waals surface area contributed by atoms with Gasteiger partial charge in [-0.25, -0.2) is 14.1 Å². The SMILES string of the molecule is O=C(NC1CC1)c1nc(-c2cccs2)n(-c2cccc(F)c2)n1. The minimum Gasteiger partial charge on any atom is -0.347 e. The Balaban J connectivity index is 1.79. The molecule has 7 heteroatoms. The molecule has 1 N–H and O–H groups in total. The van der Waals surface area contributed by atoms with Crippen LogP contribution in [0.15, 0.2) is 41.8 Å². The lowest BCUT2D eigenvalue weighted by Crippen LogP contribution is -2.26. The summed E-state index contributed by atoms with van der Waals surface area (Å²) >= 11 is 1.49. The number of nitrogens with zero attached hydrogens (tertiary/aromatic N) is 3. The van der Waals surface area contributed by atoms with Crippen molar-refractivity contribution >= 4 is 17.2 Å². The van der Waals surface area contributed by atoms with Crippen LogP contribution >= 0.6 is 11.3 Å². The highest BCUT2D eigenvalue weighted by atomic mass is 32.1. The van der Waals surface area contributed by atoms with E-state index in [4.69, 9.17) is 0 Å². The lowest BCUT2D eigenvalue weighted by molar-refractivity contribution is 0.0941. The first-order valence-electron chi connectivity index (χ1n) is 7.28. The highest BCUT2D eigenvalue weighted by Crippen LogP contribution is 2.26. The molecule has 4 rings (SSSR count). The fraction of sp³-hybridized carbons (Fsp3) is 0.188. The van der Waals surface area contributed by atoms with E-state index in [0.717, 1.165) is 17.7 Å². The second-order valence-corrected chi connectivity index (χ2v) is 6.32. The summed E-state index contributed by atoms with van der Waals surface area (Å²) in [6.45, 7) is 0. The summed E-state index contributed by atoms with van der Waals surface area (Å²) in [6, 6.07) is 10.1. The number of aromatic nitrogens is 3. The maximum atomic E-state index is 13.5. The predicted octanol–water partition coefficient (Wildman–Crippen LogP) is 3.03. The minimum atomic E-state index is -0.362. The molecular weight excluding hydrogens is 315 g/mol. The summed E-state index contributed by atoms with van der Waals surface area (Å²) in [5.41, 5.74) is 0.534. The fourth-order valence-corrected chi connectivity index (χ4v) is 2.94. The molecule has 1 aromatic carbocycles. The lowest BCUT2D eigenvalue weighted by atomic mass is 10.3. The molecule has 0 spiro atoms. The number of hydrogen-bond donors (Lipinski definition) is 1. The molecule has 2 aromatic heterocycles. The smallest absolute Gasteiger partial charge is 0.291 e. The largest absolute Gasteiger partial charge is 0.347 e. The monoisotopic (exact) mass is 328 g/mol. The van der Waals surface area contributed by atoms with Gasteiger partial charge in [0.25, 0.3) is 5.91 Å². The number of amides is 1. The molecule has 0 bridgehead atoms. The molecular formula is C16H13FN4OS. The minimum absolute atomic E-state index is 0.101. The van der Waals surface area contributed by atoms with Crippen molar-refractivity contribution in [2.45, 2.75) is 18.9 Å². The predicted molar refractivity (Wildman–Crippen MR) is 85.1 cm³/mol. The van der Waals surface area contributed by atoms with Crippen molar-refractivity contribution in [1.29, 1.82) is 0 Å². The van der Waals surface area contributed by atoms with Gasteiger partial charge in [-0.1, -0.05) is 12.1 Å². The first-order chi connectivity index (χ1) is 11.2. The number of hydrogen-bond acceptors (Lipinski definition) is 4. The summed E-state index contributed by atoms with van der Waals surface area (Å²) in [4.78, 5) is 17.4. The Labute approximate surface area is 135 Å². The van der Waals surface area contributed by atoms with Crippen molar-refractivity contribution in [3.05, 3.63) is 53.4 Å². The van der Waals surface area contributed by atoms with Gasteiger partial charge >= 0.3 is 0 Å². The molecule has 1 saturated carbocycles. The molecule has 0 radical (unpaired) electrons. The second-order valence-electron chi connectivity index (χ2n) is 5.38. The van der Waals surface area contributed by atoms with E-state index in [9.17, 15) is 9.18 Å². The highest BCUT2D eigenvalue weighted by molar-refractivity contribution is 7.13. The van der Waals surface area contributed by atoms with E-state index >= 15 is 0 Å². The van der Waals surface area contributed by atoms with E-state index in [2.05, 4.69) is 15.4 Å². The van der Waals surface area contributed by atoms with Crippen LogP contribution < -0.4 is 5.32 Å². The standard InChI is InChI=1S/C16H13FN4OS/c17-10-3-1-4-12(9-10)21-15(13-5-2-8-23-13)19-14(20-21)16(22)18-11-6-7-11/h1-5,8-9,11H,6-7H2,(H,18,22). The molecule has 0 atom stereocenters. The molecule has 1 aliphatic carbocycles. The number of halogens is 1. The molecule has 1 fully saturated rings. The lowest BCUT2D eigenvalue weighted by Gasteiger charge is -2.04. The number of rotatable bonds is 4. The summed E-state index contributed by atoms with van der Waals surface area (Å²) < 4.78 is 15.0. The van der Waals surface area contributed by atoms with Crippen LogP contribution in [0.1, 0.15) is 23.5 Å². The van der Waals surface area contributed by atoms with Crippen molar-refractivity contribution in [2.75, 3.05) is 0 Å². The molecule has 5 nitrogen and oxygen atoms in total. The van der Waals surface area contributed by atoms with Crippen LogP contribution in [0.3, 0.4) is 0 Å². The first kappa shape index (κ1) is 14.1. The summed E-state index contributed by atoms with van der Waals surface area (Å²) in [6.07, 6.45) is 1.99. The zero-order chi connectivity index (χ0) is 15.8. The fourth-order valence-electron chi connectivity index (χ4n) is 2.24. The van der Waals surface area contributed by atoms with Gasteiger partial charge < -0.3 is 5.32 Å². The van der Waals surface area contributed by atoms with Crippen LogP contribution in [0.5, 0.6) is 0 Å². The van der Waals surface area contributed by atoms with Crippen LogP contribution in [-0.4, -0.2) is 26.7 Å². The molecule has 116 valence electrons. The van der Waals surface area contributed by atoms with Crippen molar-refractivity contribution < 1.29 is 9.18 Å². The van der Waals surface area contributed by atoms with Gasteiger partial charge in [0.2, 0.25) is 5.82 Å². The third-order valence-electron chi connectivity index (χ3n) is 3.52. The molecule has 3 aromatic rings. The number of benzene rings is 1. The second kappa shape index (κ2) is 5.58. The molecule has 23 heavy (non-hydrogen) atoms. The van der Waals surface area contributed by atoms with Gasteiger partial charge in [-0.3, -0.25) is 4.79 Å². The third kappa shape index (κ3) is 2.87. The van der Waals surface area contributed by atoms with Gasteiger partial charge in [0.15, 0.2) is 5.82 Å². The number of carbonyl (C=O) groups is 1. The van der Waals surface area contributed by atoms with Crippen molar-refractivity contribution in [3.8, 4) is 16.4 Å². The van der Waals surface area contributed by atoms with E-state index in [0.29, 0.717) is 11.5 Å². The van der Waals surface area contributed by atoms with Gasteiger partial charge in [-0.2, -0.15) is 0 Å². The van der Waals surface area contributed by atoms with Crippen molar-refractivity contribution in [3.63, 3.8) is 0 Å². The van der Waals surface area contributed by atoms with E-state index in [-0.39, 0.29) is 23.6 Å². The summed E-state index contributed by atoms with van der Waals surface area (Å²) in [5.74, 6) is -0.0179. The summed E-state index contributed by atoms with van der Waals surface area (Å²) in [7, 11) is 0. The van der Waals surface area contributed by atoms with Crippen LogP contribution in [0.4, 0.5) is 4.39 Å². The average molecular weight is 328 g/mol. The van der Waals surface area contributed by atoms with Gasteiger partial charge in [0.05, 0.1) is 10.6 Å². The van der Waals surface area contributed by atoms with E-state index in [1.54, 1.807) is 12.1 Å². The Hall–Kier alpha value is -2.54. The van der Waals surface area contributed by atoms with Gasteiger partial charge in [-0.15, -0.1) is 16.4 Å². The van der Waals surface area contributed by atoms with Gasteiger partial charge in [-0.05, 0) is 42.5 Å². The van der Waals surface area contributed by atoms with Crippen LogP contribution in [-0.2, 0) is 0 Å². The van der Waals surface area contributed by atoms with Crippen LogP contribution in [0, 0.1) is 5.82 Å². The zero-order valence-corrected chi connectivity index (χ0v) is 12.9. The Morgan fingerprint density at radius 1 is 1.30 bits per heavy atom. The molecule has 2 heterocycles. The first-order valence-corrected chi connectivity index (χ1v) is 8.16. The van der Waals surface area contributed by atoms with E-state index in [1.807, 2.05) is 17.5 Å². The molecule has 1 amide bonds. The maximum absolute atomic E-state index is 13.5. The van der Waals surface area contributed by atoms with Crippen LogP contribution in [0.25, 0.3) is 16.4 Å². The Morgan fingerprint density at radius 3 is 2.87 bits per heavy atom. The third-order valence-corrected chi connectivity index (χ3v) is 4.38. The summed E-state index contributed by atoms with van der Waals surface area (Å²) in [5, 5.41) is 9.08. The molecule has 0 aliphatic heterocycles. The topological polar surface area (TPSA) is 59.8 Å². The molecule has 0 unspecified atom stereocenters. The van der Waals surface area contributed by atoms with Gasteiger partial charge in [0.1, 0.15) is 5.82 Å².